The zero-order valence-electron chi connectivity index (χ0n) is 19.7. The molecule has 0 amide bonds. The van der Waals surface area contributed by atoms with Crippen LogP contribution in [0.25, 0.3) is 11.3 Å². The first-order chi connectivity index (χ1) is 18.0. The third kappa shape index (κ3) is 5.82. The Morgan fingerprint density at radius 3 is 2.57 bits per heavy atom. The molecule has 0 radical (unpaired) electrons. The number of nitrogens with zero attached hydrogens (tertiary/aromatic N) is 3. The Morgan fingerprint density at radius 2 is 1.76 bits per heavy atom. The number of ether oxygens (including phenoxy) is 3. The molecule has 1 aromatic heterocycles. The van der Waals surface area contributed by atoms with Crippen LogP contribution in [-0.4, -0.2) is 28.9 Å². The number of carbonyl (C=O) groups excluding carboxylic acids is 1. The molecule has 0 saturated heterocycles. The maximum Gasteiger partial charge on any atom is 0.313 e. The molecule has 0 bridgehead atoms. The molecule has 2 heterocycles. The first-order valence-electron chi connectivity index (χ1n) is 11.5. The van der Waals surface area contributed by atoms with Gasteiger partial charge in [0, 0.05) is 11.6 Å². The molecular formula is C27H24N6O4. The molecular weight excluding hydrogens is 472 g/mol. The van der Waals surface area contributed by atoms with E-state index in [1.807, 2.05) is 36.4 Å². The number of nitrogens with two attached hydrogens (primary N) is 2. The van der Waals surface area contributed by atoms with Crippen LogP contribution >= 0.6 is 0 Å². The van der Waals surface area contributed by atoms with Gasteiger partial charge in [0.25, 0.3) is 0 Å². The summed E-state index contributed by atoms with van der Waals surface area (Å²) in [6.45, 7) is 0.165. The second-order valence-electron chi connectivity index (χ2n) is 8.16. The Morgan fingerprint density at radius 1 is 0.973 bits per heavy atom. The molecule has 0 saturated carbocycles. The minimum absolute atomic E-state index is 0.0408. The number of nitrogens with one attached hydrogen (secondary N) is 1. The Hall–Kier alpha value is -4.96. The van der Waals surface area contributed by atoms with Gasteiger partial charge in [-0.15, -0.1) is 10.2 Å². The summed E-state index contributed by atoms with van der Waals surface area (Å²) in [4.78, 5) is 16.9. The largest absolute Gasteiger partial charge is 0.454 e. The van der Waals surface area contributed by atoms with Gasteiger partial charge in [0.1, 0.15) is 0 Å². The fourth-order valence-corrected chi connectivity index (χ4v) is 3.70. The minimum atomic E-state index is -0.578. The number of aliphatic imine (C=N–C) groups is 1. The summed E-state index contributed by atoms with van der Waals surface area (Å²) in [5.74, 6) is 1.42. The average molecular weight is 497 g/mol. The Bertz CT molecular complexity index is 1430. The fourth-order valence-electron chi connectivity index (χ4n) is 3.70. The molecule has 4 aromatic rings. The van der Waals surface area contributed by atoms with E-state index in [0.29, 0.717) is 23.0 Å². The maximum absolute atomic E-state index is 12.6. The van der Waals surface area contributed by atoms with E-state index in [1.165, 1.54) is 0 Å². The monoisotopic (exact) mass is 496 g/mol. The highest BCUT2D eigenvalue weighted by Gasteiger charge is 2.19. The number of guanidine groups is 1. The van der Waals surface area contributed by atoms with Crippen LogP contribution in [0.5, 0.6) is 17.2 Å². The third-order valence-electron chi connectivity index (χ3n) is 5.54. The van der Waals surface area contributed by atoms with Crippen molar-refractivity contribution in [3.63, 3.8) is 0 Å². The third-order valence-corrected chi connectivity index (χ3v) is 5.54. The number of hydrogen-bond acceptors (Lipinski definition) is 8. The summed E-state index contributed by atoms with van der Waals surface area (Å²) >= 11 is 0. The maximum atomic E-state index is 12.6. The summed E-state index contributed by atoms with van der Waals surface area (Å²) in [6, 6.07) is 24.9. The first kappa shape index (κ1) is 23.8. The summed E-state index contributed by atoms with van der Waals surface area (Å²) in [6.07, 6.45) is -0.0408. The SMILES string of the molecule is NC(=Nc1ccc(-c2ccccc2)nn1)Nc1ccccc1OC(=O)CC(N)c1ccc2c(c1)OCO2. The molecule has 0 fully saturated rings. The van der Waals surface area contributed by atoms with Crippen LogP contribution in [0.15, 0.2) is 89.9 Å². The van der Waals surface area contributed by atoms with E-state index in [9.17, 15) is 4.79 Å². The van der Waals surface area contributed by atoms with Crippen molar-refractivity contribution in [3.05, 3.63) is 90.5 Å². The molecule has 1 aliphatic rings. The predicted molar refractivity (Wildman–Crippen MR) is 139 cm³/mol. The molecule has 1 aliphatic heterocycles. The highest BCUT2D eigenvalue weighted by molar-refractivity contribution is 5.95. The molecule has 5 N–H and O–H groups in total. The van der Waals surface area contributed by atoms with Gasteiger partial charge in [0.05, 0.1) is 17.8 Å². The van der Waals surface area contributed by atoms with E-state index >= 15 is 0 Å². The topological polar surface area (TPSA) is 147 Å². The molecule has 186 valence electrons. The van der Waals surface area contributed by atoms with Gasteiger partial charge in [0.2, 0.25) is 6.79 Å². The lowest BCUT2D eigenvalue weighted by Crippen LogP contribution is -2.23. The van der Waals surface area contributed by atoms with Crippen LogP contribution < -0.4 is 31.0 Å². The van der Waals surface area contributed by atoms with Crippen LogP contribution in [0.4, 0.5) is 11.5 Å². The average Bonchev–Trinajstić information content (AvgIpc) is 3.39. The van der Waals surface area contributed by atoms with Gasteiger partial charge < -0.3 is 31.0 Å². The van der Waals surface area contributed by atoms with E-state index in [0.717, 1.165) is 16.8 Å². The number of esters is 1. The van der Waals surface area contributed by atoms with Crippen molar-refractivity contribution in [1.82, 2.24) is 10.2 Å². The highest BCUT2D eigenvalue weighted by atomic mass is 16.7. The van der Waals surface area contributed by atoms with Gasteiger partial charge >= 0.3 is 5.97 Å². The van der Waals surface area contributed by atoms with Gasteiger partial charge in [-0.1, -0.05) is 48.5 Å². The molecule has 10 heteroatoms. The standard InChI is InChI=1S/C27H24N6O4/c28-19(18-10-12-23-24(14-18)36-16-35-23)15-26(34)37-22-9-5-4-8-21(22)30-27(29)31-25-13-11-20(32-33-25)17-6-2-1-3-7-17/h1-14,19H,15-16,28H2,(H3,29,30,31,33). The second kappa shape index (κ2) is 10.8. The quantitative estimate of drug-likeness (QED) is 0.150. The van der Waals surface area contributed by atoms with Gasteiger partial charge in [-0.2, -0.15) is 4.99 Å². The van der Waals surface area contributed by atoms with Crippen LogP contribution in [0.1, 0.15) is 18.0 Å². The van der Waals surface area contributed by atoms with Gasteiger partial charge in [-0.25, -0.2) is 0 Å². The number of benzene rings is 3. The highest BCUT2D eigenvalue weighted by Crippen LogP contribution is 2.34. The first-order valence-corrected chi connectivity index (χ1v) is 11.5. The van der Waals surface area contributed by atoms with Gasteiger partial charge in [-0.3, -0.25) is 4.79 Å². The van der Waals surface area contributed by atoms with Crippen molar-refractivity contribution in [2.75, 3.05) is 12.1 Å². The molecule has 1 atom stereocenters. The number of carbonyl (C=O) groups is 1. The van der Waals surface area contributed by atoms with Crippen molar-refractivity contribution < 1.29 is 19.0 Å². The summed E-state index contributed by atoms with van der Waals surface area (Å²) in [5.41, 5.74) is 15.2. The molecule has 0 aliphatic carbocycles. The summed E-state index contributed by atoms with van der Waals surface area (Å²) in [5, 5.41) is 11.3. The van der Waals surface area contributed by atoms with Crippen molar-refractivity contribution in [2.24, 2.45) is 16.5 Å². The van der Waals surface area contributed by atoms with E-state index < -0.39 is 12.0 Å². The van der Waals surface area contributed by atoms with E-state index in [1.54, 1.807) is 48.5 Å². The smallest absolute Gasteiger partial charge is 0.313 e. The molecule has 0 spiro atoms. The van der Waals surface area contributed by atoms with E-state index in [-0.39, 0.29) is 24.9 Å². The predicted octanol–water partition coefficient (Wildman–Crippen LogP) is 3.93. The normalized spacial score (nSPS) is 13.2. The number of fused-ring (bicyclic) bond motifs is 1. The lowest BCUT2D eigenvalue weighted by molar-refractivity contribution is -0.134. The van der Waals surface area contributed by atoms with Crippen LogP contribution in [-0.2, 0) is 4.79 Å². The van der Waals surface area contributed by atoms with Crippen LogP contribution in [0.3, 0.4) is 0 Å². The Kier molecular flexibility index (Phi) is 6.91. The van der Waals surface area contributed by atoms with Crippen molar-refractivity contribution in [2.45, 2.75) is 12.5 Å². The number of rotatable bonds is 7. The Labute approximate surface area is 212 Å². The van der Waals surface area contributed by atoms with Crippen LogP contribution in [0, 0.1) is 0 Å². The minimum Gasteiger partial charge on any atom is -0.454 e. The van der Waals surface area contributed by atoms with Crippen molar-refractivity contribution in [1.29, 1.82) is 0 Å². The number of anilines is 1. The number of aromatic nitrogens is 2. The van der Waals surface area contributed by atoms with E-state index in [2.05, 4.69) is 20.5 Å². The Balaban J connectivity index is 1.22. The molecule has 3 aromatic carbocycles. The lowest BCUT2D eigenvalue weighted by atomic mass is 10.0. The molecule has 37 heavy (non-hydrogen) atoms. The molecule has 10 nitrogen and oxygen atoms in total. The van der Waals surface area contributed by atoms with Crippen LogP contribution in [0.2, 0.25) is 0 Å². The van der Waals surface area contributed by atoms with Crippen molar-refractivity contribution in [3.8, 4) is 28.5 Å². The van der Waals surface area contributed by atoms with Gasteiger partial charge in [-0.05, 0) is 42.0 Å². The lowest BCUT2D eigenvalue weighted by Gasteiger charge is -2.14. The summed E-state index contributed by atoms with van der Waals surface area (Å²) < 4.78 is 16.3. The zero-order valence-corrected chi connectivity index (χ0v) is 19.7. The molecule has 5 rings (SSSR count). The summed E-state index contributed by atoms with van der Waals surface area (Å²) in [7, 11) is 0. The fraction of sp³-hybridized carbons (Fsp3) is 0.111. The van der Waals surface area contributed by atoms with Crippen molar-refractivity contribution >= 4 is 23.4 Å². The molecule has 1 unspecified atom stereocenters. The zero-order chi connectivity index (χ0) is 25.6. The number of para-hydroxylation sites is 2. The van der Waals surface area contributed by atoms with Gasteiger partial charge in [0.15, 0.2) is 29.0 Å². The number of hydrogen-bond donors (Lipinski definition) is 3. The second-order valence-corrected chi connectivity index (χ2v) is 8.16. The van der Waals surface area contributed by atoms with E-state index in [4.69, 9.17) is 25.7 Å².